The van der Waals surface area contributed by atoms with Crippen molar-refractivity contribution in [2.75, 3.05) is 13.7 Å². The molecule has 0 radical (unpaired) electrons. The van der Waals surface area contributed by atoms with Gasteiger partial charge in [-0.25, -0.2) is 8.78 Å². The second kappa shape index (κ2) is 10.4. The Morgan fingerprint density at radius 1 is 0.769 bits per heavy atom. The standard InChI is InChI=1S/C22H38F2O.H2O.2H2/c1-15-3-5-16(6-4-15)17-7-9-18(10-8-17)20-12-11-19(13-14-25-2)21(23)22(20)24;;;/h15-22H,3-14H2,1-2H3;1H2;2*1H. The van der Waals surface area contributed by atoms with Gasteiger partial charge in [0.05, 0.1) is 0 Å². The Labute approximate surface area is 161 Å². The molecule has 3 aliphatic carbocycles. The van der Waals surface area contributed by atoms with E-state index in [1.54, 1.807) is 7.11 Å². The summed E-state index contributed by atoms with van der Waals surface area (Å²) >= 11 is 0. The lowest BCUT2D eigenvalue weighted by Crippen LogP contribution is -2.42. The quantitative estimate of drug-likeness (QED) is 0.576. The van der Waals surface area contributed by atoms with E-state index >= 15 is 0 Å². The molecule has 0 spiro atoms. The first-order chi connectivity index (χ1) is 12.1. The molecular formula is C22H44F2O2. The molecular weight excluding hydrogens is 334 g/mol. The van der Waals surface area contributed by atoms with Crippen molar-refractivity contribution in [3.63, 3.8) is 0 Å². The third-order valence-electron chi connectivity index (χ3n) is 7.88. The summed E-state index contributed by atoms with van der Waals surface area (Å²) in [6.45, 7) is 2.93. The van der Waals surface area contributed by atoms with Crippen molar-refractivity contribution >= 4 is 0 Å². The van der Waals surface area contributed by atoms with Gasteiger partial charge in [0.25, 0.3) is 0 Å². The summed E-state index contributed by atoms with van der Waals surface area (Å²) in [4.78, 5) is 0. The number of alkyl halides is 2. The van der Waals surface area contributed by atoms with Gasteiger partial charge in [-0.15, -0.1) is 0 Å². The molecule has 158 valence electrons. The zero-order valence-corrected chi connectivity index (χ0v) is 16.8. The van der Waals surface area contributed by atoms with Gasteiger partial charge in [-0.1, -0.05) is 19.8 Å². The Balaban J connectivity index is 0.00000243. The van der Waals surface area contributed by atoms with Crippen molar-refractivity contribution in [2.24, 2.45) is 35.5 Å². The van der Waals surface area contributed by atoms with E-state index in [1.165, 1.54) is 38.5 Å². The smallest absolute Gasteiger partial charge is 0.134 e. The number of ether oxygens (including phenoxy) is 1. The van der Waals surface area contributed by atoms with Gasteiger partial charge in [0.1, 0.15) is 12.3 Å². The van der Waals surface area contributed by atoms with E-state index in [1.807, 2.05) is 0 Å². The van der Waals surface area contributed by atoms with Gasteiger partial charge in [0, 0.05) is 16.6 Å². The number of rotatable bonds is 5. The maximum Gasteiger partial charge on any atom is 0.134 e. The highest BCUT2D eigenvalue weighted by atomic mass is 19.2. The fraction of sp³-hybridized carbons (Fsp3) is 1.00. The average molecular weight is 379 g/mol. The minimum absolute atomic E-state index is 0. The van der Waals surface area contributed by atoms with E-state index in [4.69, 9.17) is 4.74 Å². The lowest BCUT2D eigenvalue weighted by molar-refractivity contribution is -0.0222. The summed E-state index contributed by atoms with van der Waals surface area (Å²) < 4.78 is 34.4. The predicted octanol–water partition coefficient (Wildman–Crippen LogP) is 6.03. The molecule has 26 heavy (non-hydrogen) atoms. The maximum absolute atomic E-state index is 14.8. The lowest BCUT2D eigenvalue weighted by Gasteiger charge is -2.43. The van der Waals surface area contributed by atoms with E-state index in [-0.39, 0.29) is 20.2 Å². The van der Waals surface area contributed by atoms with Gasteiger partial charge in [0.15, 0.2) is 0 Å². The Kier molecular flexibility index (Phi) is 8.79. The largest absolute Gasteiger partial charge is 0.412 e. The molecule has 3 rings (SSSR count). The van der Waals surface area contributed by atoms with Crippen LogP contribution in [0.2, 0.25) is 0 Å². The van der Waals surface area contributed by atoms with Crippen LogP contribution >= 0.6 is 0 Å². The van der Waals surface area contributed by atoms with Crippen LogP contribution < -0.4 is 0 Å². The highest BCUT2D eigenvalue weighted by Crippen LogP contribution is 2.47. The molecule has 3 fully saturated rings. The number of halogens is 2. The van der Waals surface area contributed by atoms with Crippen molar-refractivity contribution < 1.29 is 21.8 Å². The van der Waals surface area contributed by atoms with E-state index in [9.17, 15) is 8.78 Å². The topological polar surface area (TPSA) is 40.7 Å². The van der Waals surface area contributed by atoms with Crippen LogP contribution in [0, 0.1) is 35.5 Å². The monoisotopic (exact) mass is 378 g/mol. The third-order valence-corrected chi connectivity index (χ3v) is 7.88. The first-order valence-corrected chi connectivity index (χ1v) is 10.9. The Morgan fingerprint density at radius 3 is 1.88 bits per heavy atom. The number of hydrogen-bond acceptors (Lipinski definition) is 1. The molecule has 4 atom stereocenters. The van der Waals surface area contributed by atoms with Gasteiger partial charge in [-0.2, -0.15) is 0 Å². The van der Waals surface area contributed by atoms with Crippen LogP contribution in [-0.4, -0.2) is 31.5 Å². The van der Waals surface area contributed by atoms with Gasteiger partial charge in [0.2, 0.25) is 0 Å². The second-order valence-electron chi connectivity index (χ2n) is 9.37. The molecule has 0 aromatic rings. The highest BCUT2D eigenvalue weighted by Gasteiger charge is 2.44. The van der Waals surface area contributed by atoms with Crippen LogP contribution in [-0.2, 0) is 4.74 Å². The fourth-order valence-electron chi connectivity index (χ4n) is 6.09. The zero-order valence-electron chi connectivity index (χ0n) is 16.8. The predicted molar refractivity (Wildman–Crippen MR) is 107 cm³/mol. The lowest BCUT2D eigenvalue weighted by atomic mass is 9.64. The second-order valence-corrected chi connectivity index (χ2v) is 9.37. The van der Waals surface area contributed by atoms with Gasteiger partial charge in [-0.05, 0) is 93.3 Å². The summed E-state index contributed by atoms with van der Waals surface area (Å²) in [7, 11) is 1.64. The maximum atomic E-state index is 14.8. The van der Waals surface area contributed by atoms with Crippen LogP contribution in [0.5, 0.6) is 0 Å². The van der Waals surface area contributed by atoms with Crippen molar-refractivity contribution in [1.82, 2.24) is 0 Å². The van der Waals surface area contributed by atoms with Crippen LogP contribution in [0.25, 0.3) is 0 Å². The molecule has 0 aromatic heterocycles. The number of hydrogen-bond donors (Lipinski definition) is 0. The summed E-state index contributed by atoms with van der Waals surface area (Å²) in [5.74, 6) is 2.95. The van der Waals surface area contributed by atoms with Gasteiger partial charge >= 0.3 is 0 Å². The zero-order chi connectivity index (χ0) is 17.8. The fourth-order valence-corrected chi connectivity index (χ4v) is 6.09. The molecule has 2 N–H and O–H groups in total. The van der Waals surface area contributed by atoms with E-state index in [0.29, 0.717) is 18.9 Å². The van der Waals surface area contributed by atoms with Crippen molar-refractivity contribution in [2.45, 2.75) is 89.9 Å². The molecule has 0 saturated heterocycles. The van der Waals surface area contributed by atoms with E-state index in [2.05, 4.69) is 6.92 Å². The van der Waals surface area contributed by atoms with Crippen LogP contribution in [0.1, 0.15) is 80.4 Å². The van der Waals surface area contributed by atoms with Crippen LogP contribution in [0.15, 0.2) is 0 Å². The Bertz CT molecular complexity index is 400. The molecule has 0 heterocycles. The molecule has 0 bridgehead atoms. The molecule has 4 heteroatoms. The minimum atomic E-state index is -1.27. The molecule has 3 saturated carbocycles. The minimum Gasteiger partial charge on any atom is -0.412 e. The first kappa shape index (κ1) is 22.1. The summed E-state index contributed by atoms with van der Waals surface area (Å²) in [5, 5.41) is 0. The summed E-state index contributed by atoms with van der Waals surface area (Å²) in [5.41, 5.74) is 0. The SMILES string of the molecule is COCCC1CCC(C2CCC(C3CCC(C)CC3)CC2)C(F)C1F.O.[HH].[HH]. The summed E-state index contributed by atoms with van der Waals surface area (Å²) in [6, 6.07) is 0. The Morgan fingerprint density at radius 2 is 1.31 bits per heavy atom. The van der Waals surface area contributed by atoms with Gasteiger partial charge in [-0.3, -0.25) is 0 Å². The van der Waals surface area contributed by atoms with Crippen molar-refractivity contribution in [1.29, 1.82) is 0 Å². The summed E-state index contributed by atoms with van der Waals surface area (Å²) in [6.07, 6.45) is 10.3. The molecule has 2 nitrogen and oxygen atoms in total. The molecule has 0 amide bonds. The highest BCUT2D eigenvalue weighted by molar-refractivity contribution is 4.93. The molecule has 3 aliphatic rings. The first-order valence-electron chi connectivity index (χ1n) is 10.9. The average Bonchev–Trinajstić information content (AvgIpc) is 2.64. The molecule has 0 aromatic carbocycles. The normalized spacial score (nSPS) is 44.3. The van der Waals surface area contributed by atoms with Gasteiger partial charge < -0.3 is 10.2 Å². The van der Waals surface area contributed by atoms with Crippen molar-refractivity contribution in [3.8, 4) is 0 Å². The third kappa shape index (κ3) is 5.19. The number of methoxy groups -OCH3 is 1. The van der Waals surface area contributed by atoms with Crippen LogP contribution in [0.3, 0.4) is 0 Å². The Hall–Kier alpha value is -0.220. The van der Waals surface area contributed by atoms with Crippen molar-refractivity contribution in [3.05, 3.63) is 0 Å². The van der Waals surface area contributed by atoms with E-state index in [0.717, 1.165) is 43.4 Å². The molecule has 4 unspecified atom stereocenters. The molecule has 0 aliphatic heterocycles. The van der Waals surface area contributed by atoms with E-state index < -0.39 is 12.3 Å². The van der Waals surface area contributed by atoms with Crippen LogP contribution in [0.4, 0.5) is 8.78 Å².